The molecule has 4 nitrogen and oxygen atoms in total. The summed E-state index contributed by atoms with van der Waals surface area (Å²) < 4.78 is 11.6. The van der Waals surface area contributed by atoms with E-state index in [2.05, 4.69) is 45.0 Å². The van der Waals surface area contributed by atoms with Gasteiger partial charge in [-0.15, -0.1) is 0 Å². The number of carboxylic acids is 1. The molecular weight excluding hydrogens is 332 g/mol. The summed E-state index contributed by atoms with van der Waals surface area (Å²) in [5.74, 6) is -1.01. The number of carboxylic acid groups (broad SMARTS) is 1. The lowest BCUT2D eigenvalue weighted by Crippen LogP contribution is -2.67. The normalized spacial score (nSPS) is 13.4. The van der Waals surface area contributed by atoms with Crippen LogP contribution >= 0.6 is 0 Å². The van der Waals surface area contributed by atoms with E-state index in [1.54, 1.807) is 0 Å². The Morgan fingerprint density at radius 1 is 1.00 bits per heavy atom. The van der Waals surface area contributed by atoms with Crippen molar-refractivity contribution in [3.63, 3.8) is 0 Å². The van der Waals surface area contributed by atoms with Gasteiger partial charge in [0.1, 0.15) is 0 Å². The molecule has 134 valence electrons. The van der Waals surface area contributed by atoms with E-state index in [0.717, 1.165) is 10.4 Å². The third kappa shape index (κ3) is 4.00. The topological polar surface area (TPSA) is 55.8 Å². The molecule has 1 atom stereocenters. The van der Waals surface area contributed by atoms with Crippen LogP contribution in [-0.2, 0) is 14.0 Å². The highest BCUT2D eigenvalue weighted by Gasteiger charge is 2.50. The molecule has 0 aliphatic rings. The lowest BCUT2D eigenvalue weighted by molar-refractivity contribution is -0.150. The van der Waals surface area contributed by atoms with E-state index in [0.29, 0.717) is 0 Å². The lowest BCUT2D eigenvalue weighted by atomic mass is 10.2. The highest BCUT2D eigenvalue weighted by molar-refractivity contribution is 6.99. The molecule has 2 aromatic rings. The minimum Gasteiger partial charge on any atom is -0.479 e. The summed E-state index contributed by atoms with van der Waals surface area (Å²) in [4.78, 5) is 11.4. The quantitative estimate of drug-likeness (QED) is 0.773. The molecule has 1 N–H and O–H groups in total. The molecule has 2 aromatic carbocycles. The Bertz CT molecular complexity index is 640. The maximum absolute atomic E-state index is 11.4. The molecule has 0 bridgehead atoms. The first kappa shape index (κ1) is 19.4. The number of rotatable bonds is 7. The number of benzene rings is 2. The Balaban J connectivity index is 2.58. The van der Waals surface area contributed by atoms with E-state index in [1.165, 1.54) is 7.11 Å². The van der Waals surface area contributed by atoms with Crippen LogP contribution in [0, 0.1) is 0 Å². The fourth-order valence-electron chi connectivity index (χ4n) is 3.20. The Labute approximate surface area is 150 Å². The van der Waals surface area contributed by atoms with Crippen LogP contribution in [0.2, 0.25) is 5.04 Å². The highest BCUT2D eigenvalue weighted by atomic mass is 28.4. The van der Waals surface area contributed by atoms with Crippen LogP contribution in [0.1, 0.15) is 20.8 Å². The highest BCUT2D eigenvalue weighted by Crippen LogP contribution is 2.36. The van der Waals surface area contributed by atoms with Gasteiger partial charge in [-0.25, -0.2) is 4.79 Å². The zero-order valence-electron chi connectivity index (χ0n) is 15.2. The van der Waals surface area contributed by atoms with Crippen molar-refractivity contribution >= 4 is 24.7 Å². The van der Waals surface area contributed by atoms with Crippen molar-refractivity contribution in [3.05, 3.63) is 60.7 Å². The zero-order chi connectivity index (χ0) is 18.5. The Morgan fingerprint density at radius 3 is 1.76 bits per heavy atom. The van der Waals surface area contributed by atoms with Crippen molar-refractivity contribution in [1.82, 2.24) is 0 Å². The Hall–Kier alpha value is -1.95. The van der Waals surface area contributed by atoms with Gasteiger partial charge in [0.25, 0.3) is 8.32 Å². The minimum absolute atomic E-state index is 0.0130. The molecular formula is C20H26O4Si. The molecule has 0 aliphatic carbocycles. The fraction of sp³-hybridized carbons (Fsp3) is 0.350. The smallest absolute Gasteiger partial charge is 0.335 e. The molecule has 0 aliphatic heterocycles. The molecule has 0 spiro atoms. The SMILES string of the molecule is CO[C@H](CO[Si](c1ccccc1)(c1ccccc1)C(C)(C)C)C(=O)O. The predicted molar refractivity (Wildman–Crippen MR) is 102 cm³/mol. The van der Waals surface area contributed by atoms with Crippen molar-refractivity contribution < 1.29 is 19.1 Å². The van der Waals surface area contributed by atoms with E-state index in [4.69, 9.17) is 9.16 Å². The van der Waals surface area contributed by atoms with Crippen molar-refractivity contribution in [2.75, 3.05) is 13.7 Å². The molecule has 0 unspecified atom stereocenters. The van der Waals surface area contributed by atoms with Crippen LogP contribution < -0.4 is 10.4 Å². The molecule has 0 saturated heterocycles. The van der Waals surface area contributed by atoms with Crippen molar-refractivity contribution in [3.8, 4) is 0 Å². The van der Waals surface area contributed by atoms with Crippen LogP contribution in [0.25, 0.3) is 0 Å². The minimum atomic E-state index is -2.72. The number of methoxy groups -OCH3 is 1. The van der Waals surface area contributed by atoms with E-state index >= 15 is 0 Å². The number of aliphatic carboxylic acids is 1. The first-order valence-electron chi connectivity index (χ1n) is 8.33. The van der Waals surface area contributed by atoms with Crippen LogP contribution in [0.15, 0.2) is 60.7 Å². The largest absolute Gasteiger partial charge is 0.479 e. The number of hydrogen-bond donors (Lipinski definition) is 1. The first-order valence-corrected chi connectivity index (χ1v) is 10.2. The summed E-state index contributed by atoms with van der Waals surface area (Å²) in [6.07, 6.45) is -0.985. The molecule has 0 radical (unpaired) electrons. The summed E-state index contributed by atoms with van der Waals surface area (Å²) >= 11 is 0. The Morgan fingerprint density at radius 2 is 1.44 bits per heavy atom. The van der Waals surface area contributed by atoms with Crippen LogP contribution in [0.5, 0.6) is 0 Å². The number of ether oxygens (including phenoxy) is 1. The van der Waals surface area contributed by atoms with E-state index in [9.17, 15) is 9.90 Å². The van der Waals surface area contributed by atoms with E-state index in [-0.39, 0.29) is 11.6 Å². The summed E-state index contributed by atoms with van der Waals surface area (Å²) in [6.45, 7) is 6.48. The van der Waals surface area contributed by atoms with Gasteiger partial charge in [0, 0.05) is 7.11 Å². The van der Waals surface area contributed by atoms with Crippen LogP contribution in [-0.4, -0.2) is 39.2 Å². The van der Waals surface area contributed by atoms with Gasteiger partial charge in [-0.3, -0.25) is 0 Å². The molecule has 0 saturated carbocycles. The molecule has 0 heterocycles. The summed E-state index contributed by atoms with van der Waals surface area (Å²) in [5.41, 5.74) is 0. The van der Waals surface area contributed by atoms with Gasteiger partial charge in [-0.2, -0.15) is 0 Å². The average molecular weight is 359 g/mol. The van der Waals surface area contributed by atoms with Crippen LogP contribution in [0.3, 0.4) is 0 Å². The maximum atomic E-state index is 11.4. The van der Waals surface area contributed by atoms with Gasteiger partial charge in [-0.05, 0) is 15.4 Å². The fourth-order valence-corrected chi connectivity index (χ4v) is 7.76. The third-order valence-corrected chi connectivity index (χ3v) is 9.43. The third-order valence-electron chi connectivity index (χ3n) is 4.43. The van der Waals surface area contributed by atoms with Gasteiger partial charge in [0.15, 0.2) is 6.10 Å². The standard InChI is InChI=1S/C20H26O4Si/c1-20(2,3)25(16-11-7-5-8-12-16,17-13-9-6-10-14-17)24-15-18(23-4)19(21)22/h5-14,18H,15H2,1-4H3,(H,21,22)/t18-/m1/s1. The zero-order valence-corrected chi connectivity index (χ0v) is 16.2. The molecule has 5 heteroatoms. The molecule has 0 aromatic heterocycles. The maximum Gasteiger partial charge on any atom is 0.335 e. The molecule has 0 fully saturated rings. The van der Waals surface area contributed by atoms with Crippen LogP contribution in [0.4, 0.5) is 0 Å². The van der Waals surface area contributed by atoms with Gasteiger partial charge in [0.05, 0.1) is 6.61 Å². The van der Waals surface area contributed by atoms with Gasteiger partial charge < -0.3 is 14.3 Å². The van der Waals surface area contributed by atoms with Gasteiger partial charge in [0.2, 0.25) is 0 Å². The second-order valence-electron chi connectivity index (χ2n) is 7.04. The predicted octanol–water partition coefficient (Wildman–Crippen LogP) is 2.66. The average Bonchev–Trinajstić information content (AvgIpc) is 2.59. The first-order chi connectivity index (χ1) is 11.8. The van der Waals surface area contributed by atoms with Gasteiger partial charge in [-0.1, -0.05) is 81.4 Å². The van der Waals surface area contributed by atoms with Gasteiger partial charge >= 0.3 is 5.97 Å². The van der Waals surface area contributed by atoms with E-state index in [1.807, 2.05) is 36.4 Å². The van der Waals surface area contributed by atoms with Crippen molar-refractivity contribution in [1.29, 1.82) is 0 Å². The number of hydrogen-bond acceptors (Lipinski definition) is 3. The lowest BCUT2D eigenvalue weighted by Gasteiger charge is -2.43. The summed E-state index contributed by atoms with van der Waals surface area (Å²) in [5, 5.41) is 11.4. The number of carbonyl (C=O) groups is 1. The van der Waals surface area contributed by atoms with E-state index < -0.39 is 20.4 Å². The summed E-state index contributed by atoms with van der Waals surface area (Å²) in [7, 11) is -1.32. The Kier molecular flexibility index (Phi) is 6.16. The van der Waals surface area contributed by atoms with Crippen molar-refractivity contribution in [2.45, 2.75) is 31.9 Å². The molecule has 2 rings (SSSR count). The second-order valence-corrected chi connectivity index (χ2v) is 11.3. The molecule has 25 heavy (non-hydrogen) atoms. The molecule has 0 amide bonds. The summed E-state index contributed by atoms with van der Waals surface area (Å²) in [6, 6.07) is 20.3. The van der Waals surface area contributed by atoms with Crippen molar-refractivity contribution in [2.24, 2.45) is 0 Å². The monoisotopic (exact) mass is 358 g/mol. The second kappa shape index (κ2) is 7.95.